The van der Waals surface area contributed by atoms with E-state index in [-0.39, 0.29) is 5.82 Å². The van der Waals surface area contributed by atoms with Crippen molar-refractivity contribution < 1.29 is 4.39 Å². The van der Waals surface area contributed by atoms with Crippen molar-refractivity contribution in [3.8, 4) is 0 Å². The molecule has 0 amide bonds. The van der Waals surface area contributed by atoms with E-state index >= 15 is 0 Å². The van der Waals surface area contributed by atoms with Crippen molar-refractivity contribution in [1.29, 1.82) is 0 Å². The number of aromatic nitrogens is 2. The zero-order chi connectivity index (χ0) is 12.2. The van der Waals surface area contributed by atoms with Gasteiger partial charge in [0, 0.05) is 12.1 Å². The fourth-order valence-corrected chi connectivity index (χ4v) is 2.66. The van der Waals surface area contributed by atoms with E-state index in [4.69, 9.17) is 5.73 Å². The van der Waals surface area contributed by atoms with Crippen LogP contribution in [-0.2, 0) is 0 Å². The zero-order valence-corrected chi connectivity index (χ0v) is 11.0. The number of halogens is 2. The molecule has 0 bridgehead atoms. The first kappa shape index (κ1) is 11.0. The first-order chi connectivity index (χ1) is 8.08. The molecule has 1 aromatic heterocycles. The molecule has 0 spiro atoms. The maximum absolute atomic E-state index is 13.4. The molecule has 0 aliphatic heterocycles. The van der Waals surface area contributed by atoms with Crippen LogP contribution in [0.15, 0.2) is 16.6 Å². The summed E-state index contributed by atoms with van der Waals surface area (Å²) in [6, 6.07) is 3.51. The quantitative estimate of drug-likeness (QED) is 0.922. The van der Waals surface area contributed by atoms with Crippen LogP contribution in [0, 0.1) is 11.7 Å². The van der Waals surface area contributed by atoms with Crippen LogP contribution in [0.1, 0.15) is 25.8 Å². The third kappa shape index (κ3) is 1.73. The van der Waals surface area contributed by atoms with Crippen LogP contribution in [0.4, 0.5) is 10.3 Å². The number of nitrogens with two attached hydrogens (primary N) is 1. The summed E-state index contributed by atoms with van der Waals surface area (Å²) in [5.74, 6) is 0.844. The van der Waals surface area contributed by atoms with Gasteiger partial charge in [-0.15, -0.1) is 0 Å². The van der Waals surface area contributed by atoms with Crippen LogP contribution in [0.25, 0.3) is 11.0 Å². The molecule has 1 heterocycles. The Bertz CT molecular complexity index is 589. The Hall–Kier alpha value is -1.10. The summed E-state index contributed by atoms with van der Waals surface area (Å²) < 4.78 is 15.9. The van der Waals surface area contributed by atoms with Gasteiger partial charge in [0.05, 0.1) is 15.5 Å². The fourth-order valence-electron chi connectivity index (χ4n) is 2.33. The maximum Gasteiger partial charge on any atom is 0.201 e. The second-order valence-electron chi connectivity index (χ2n) is 4.67. The standard InChI is InChI=1S/C12H13BrFN3/c1-6(7-2-3-7)17-11-4-8(13)9(14)5-10(11)16-12(17)15/h4-7H,2-3H2,1H3,(H2,15,16). The lowest BCUT2D eigenvalue weighted by Gasteiger charge is -2.15. The van der Waals surface area contributed by atoms with Crippen LogP contribution in [0.2, 0.25) is 0 Å². The Morgan fingerprint density at radius 1 is 1.53 bits per heavy atom. The summed E-state index contributed by atoms with van der Waals surface area (Å²) in [6.07, 6.45) is 2.48. The monoisotopic (exact) mass is 297 g/mol. The minimum atomic E-state index is -0.304. The van der Waals surface area contributed by atoms with E-state index in [9.17, 15) is 4.39 Å². The van der Waals surface area contributed by atoms with E-state index in [0.717, 1.165) is 5.52 Å². The van der Waals surface area contributed by atoms with Gasteiger partial charge in [-0.1, -0.05) is 0 Å². The molecule has 2 N–H and O–H groups in total. The lowest BCUT2D eigenvalue weighted by Crippen LogP contribution is -2.10. The summed E-state index contributed by atoms with van der Waals surface area (Å²) in [6.45, 7) is 2.15. The second-order valence-corrected chi connectivity index (χ2v) is 5.53. The molecule has 0 radical (unpaired) electrons. The largest absolute Gasteiger partial charge is 0.369 e. The van der Waals surface area contributed by atoms with E-state index in [0.29, 0.717) is 27.9 Å². The Balaban J connectivity index is 2.22. The average Bonchev–Trinajstić information content (AvgIpc) is 3.04. The SMILES string of the molecule is CC(C1CC1)n1c(N)nc2cc(F)c(Br)cc21. The van der Waals surface area contributed by atoms with Crippen LogP contribution in [0.3, 0.4) is 0 Å². The van der Waals surface area contributed by atoms with Crippen molar-refractivity contribution >= 4 is 32.9 Å². The molecule has 17 heavy (non-hydrogen) atoms. The molecule has 2 aromatic rings. The Morgan fingerprint density at radius 2 is 2.24 bits per heavy atom. The molecule has 1 aromatic carbocycles. The predicted molar refractivity (Wildman–Crippen MR) is 69.2 cm³/mol. The summed E-state index contributed by atoms with van der Waals surface area (Å²) in [5.41, 5.74) is 7.45. The molecule has 1 unspecified atom stereocenters. The topological polar surface area (TPSA) is 43.8 Å². The number of nitrogens with zero attached hydrogens (tertiary/aromatic N) is 2. The van der Waals surface area contributed by atoms with Crippen LogP contribution in [-0.4, -0.2) is 9.55 Å². The molecule has 0 saturated heterocycles. The highest BCUT2D eigenvalue weighted by Gasteiger charge is 2.31. The Kier molecular flexibility index (Phi) is 2.40. The lowest BCUT2D eigenvalue weighted by atomic mass is 10.2. The zero-order valence-electron chi connectivity index (χ0n) is 9.45. The number of rotatable bonds is 2. The van der Waals surface area contributed by atoms with Gasteiger partial charge in [-0.3, -0.25) is 0 Å². The van der Waals surface area contributed by atoms with Crippen molar-refractivity contribution in [3.63, 3.8) is 0 Å². The van der Waals surface area contributed by atoms with Crippen LogP contribution >= 0.6 is 15.9 Å². The Labute approximate surface area is 107 Å². The number of anilines is 1. The summed E-state index contributed by atoms with van der Waals surface area (Å²) >= 11 is 3.20. The van der Waals surface area contributed by atoms with Crippen molar-refractivity contribution in [2.24, 2.45) is 5.92 Å². The molecule has 1 saturated carbocycles. The van der Waals surface area contributed by atoms with Crippen molar-refractivity contribution in [1.82, 2.24) is 9.55 Å². The van der Waals surface area contributed by atoms with E-state index in [1.165, 1.54) is 18.9 Å². The highest BCUT2D eigenvalue weighted by Crippen LogP contribution is 2.42. The molecule has 3 nitrogen and oxygen atoms in total. The maximum atomic E-state index is 13.4. The summed E-state index contributed by atoms with van der Waals surface area (Å²) in [5, 5.41) is 0. The number of imidazole rings is 1. The second kappa shape index (κ2) is 3.70. The van der Waals surface area contributed by atoms with Crippen molar-refractivity contribution in [3.05, 3.63) is 22.4 Å². The van der Waals surface area contributed by atoms with Crippen molar-refractivity contribution in [2.75, 3.05) is 5.73 Å². The van der Waals surface area contributed by atoms with Gasteiger partial charge in [-0.2, -0.15) is 0 Å². The minimum absolute atomic E-state index is 0.304. The predicted octanol–water partition coefficient (Wildman–Crippen LogP) is 3.49. The van der Waals surface area contributed by atoms with Gasteiger partial charge in [0.2, 0.25) is 5.95 Å². The summed E-state index contributed by atoms with van der Waals surface area (Å²) in [7, 11) is 0. The van der Waals surface area contributed by atoms with Gasteiger partial charge < -0.3 is 10.3 Å². The van der Waals surface area contributed by atoms with Crippen LogP contribution in [0.5, 0.6) is 0 Å². The number of fused-ring (bicyclic) bond motifs is 1. The molecule has 1 aliphatic rings. The van der Waals surface area contributed by atoms with Gasteiger partial charge in [0.1, 0.15) is 5.82 Å². The average molecular weight is 298 g/mol. The molecule has 1 aliphatic carbocycles. The molecule has 5 heteroatoms. The van der Waals surface area contributed by atoms with E-state index in [1.807, 2.05) is 4.57 Å². The first-order valence-electron chi connectivity index (χ1n) is 5.70. The molecule has 1 atom stereocenters. The van der Waals surface area contributed by atoms with Crippen LogP contribution < -0.4 is 5.73 Å². The smallest absolute Gasteiger partial charge is 0.201 e. The normalized spacial score (nSPS) is 17.6. The lowest BCUT2D eigenvalue weighted by molar-refractivity contribution is 0.503. The molecule has 90 valence electrons. The third-order valence-electron chi connectivity index (χ3n) is 3.47. The third-order valence-corrected chi connectivity index (χ3v) is 4.08. The van der Waals surface area contributed by atoms with E-state index < -0.39 is 0 Å². The van der Waals surface area contributed by atoms with Gasteiger partial charge >= 0.3 is 0 Å². The fraction of sp³-hybridized carbons (Fsp3) is 0.417. The molecule has 1 fully saturated rings. The van der Waals surface area contributed by atoms with Gasteiger partial charge in [-0.05, 0) is 47.7 Å². The van der Waals surface area contributed by atoms with Gasteiger partial charge in [0.25, 0.3) is 0 Å². The van der Waals surface area contributed by atoms with Gasteiger partial charge in [0.15, 0.2) is 0 Å². The first-order valence-corrected chi connectivity index (χ1v) is 6.49. The highest BCUT2D eigenvalue weighted by molar-refractivity contribution is 9.10. The molecule has 3 rings (SSSR count). The number of hydrogen-bond donors (Lipinski definition) is 1. The number of hydrogen-bond acceptors (Lipinski definition) is 2. The number of benzene rings is 1. The highest BCUT2D eigenvalue weighted by atomic mass is 79.9. The Morgan fingerprint density at radius 3 is 2.88 bits per heavy atom. The van der Waals surface area contributed by atoms with E-state index in [2.05, 4.69) is 27.8 Å². The molecular formula is C12H13BrFN3. The van der Waals surface area contributed by atoms with Gasteiger partial charge in [-0.25, -0.2) is 9.37 Å². The van der Waals surface area contributed by atoms with Crippen molar-refractivity contribution in [2.45, 2.75) is 25.8 Å². The molecular weight excluding hydrogens is 285 g/mol. The minimum Gasteiger partial charge on any atom is -0.369 e. The summed E-state index contributed by atoms with van der Waals surface area (Å²) in [4.78, 5) is 4.23. The number of nitrogen functional groups attached to an aromatic ring is 1. The van der Waals surface area contributed by atoms with E-state index in [1.54, 1.807) is 6.07 Å².